The second-order valence-electron chi connectivity index (χ2n) is 30.0. The Kier molecular flexibility index (Phi) is 29.6. The molecule has 27 heteroatoms. The molecule has 4 aliphatic rings. The van der Waals surface area contributed by atoms with Gasteiger partial charge >= 0.3 is 58.0 Å². The normalized spacial score (nSPS) is 11.4. The third-order valence-corrected chi connectivity index (χ3v) is 22.2. The van der Waals surface area contributed by atoms with Crippen molar-refractivity contribution in [1.82, 2.24) is 39.9 Å². The minimum Gasteiger partial charge on any atom is -0.657 e. The molecule has 8 aromatic carbocycles. The number of carboxylic acid groups (broad SMARTS) is 4. The van der Waals surface area contributed by atoms with E-state index >= 15 is 0 Å². The van der Waals surface area contributed by atoms with Crippen LogP contribution in [0.5, 0.6) is 46.0 Å². The van der Waals surface area contributed by atoms with Crippen LogP contribution in [0.3, 0.4) is 0 Å². The van der Waals surface area contributed by atoms with E-state index in [1.165, 1.54) is 12.2 Å². The van der Waals surface area contributed by atoms with Crippen LogP contribution in [0.25, 0.3) is 194 Å². The van der Waals surface area contributed by atoms with Gasteiger partial charge in [-0.05, 0) is 258 Å². The molecule has 0 saturated carbocycles. The van der Waals surface area contributed by atoms with Crippen molar-refractivity contribution in [3.05, 3.63) is 311 Å². The molecule has 0 atom stereocenters. The minimum absolute atomic E-state index is 0. The maximum absolute atomic E-state index is 11.9. The fourth-order valence-corrected chi connectivity index (χ4v) is 15.8. The Morgan fingerprint density at radius 1 is 0.274 bits per heavy atom. The zero-order valence-electron chi connectivity index (χ0n) is 73.5. The first-order valence-electron chi connectivity index (χ1n) is 41.5. The van der Waals surface area contributed by atoms with Crippen LogP contribution in [0, 0.1) is 0 Å². The maximum Gasteiger partial charge on any atom is 2.00 e. The van der Waals surface area contributed by atoms with Crippen molar-refractivity contribution in [3.8, 4) is 135 Å². The molecular weight excluding hydrogens is 1810 g/mol. The zero-order valence-corrected chi connectivity index (χ0v) is 75.4. The van der Waals surface area contributed by atoms with E-state index in [1.807, 2.05) is 279 Å². The molecular formula is C108H82Cu2N8O17. The molecule has 25 nitrogen and oxygen atoms in total. The van der Waals surface area contributed by atoms with Gasteiger partial charge in [0, 0.05) is 0 Å². The van der Waals surface area contributed by atoms with Gasteiger partial charge in [-0.2, -0.15) is 0 Å². The monoisotopic (exact) mass is 1890 g/mol. The van der Waals surface area contributed by atoms with Crippen molar-refractivity contribution in [2.75, 3.05) is 56.9 Å². The van der Waals surface area contributed by atoms with Gasteiger partial charge in [-0.25, -0.2) is 29.5 Å². The van der Waals surface area contributed by atoms with E-state index in [0.717, 1.165) is 135 Å². The Morgan fingerprint density at radius 3 is 0.667 bits per heavy atom. The second-order valence-corrected chi connectivity index (χ2v) is 30.0. The molecule has 0 spiro atoms. The van der Waals surface area contributed by atoms with E-state index in [1.54, 1.807) is 69.0 Å². The number of nitrogens with zero attached hydrogens (tertiary/aromatic N) is 8. The van der Waals surface area contributed by atoms with Gasteiger partial charge in [-0.15, -0.1) is 44.1 Å². The van der Waals surface area contributed by atoms with Crippen molar-refractivity contribution >= 4 is 135 Å². The number of aliphatic carboxylic acids is 4. The molecule has 4 aliphatic heterocycles. The SMILES string of the molecule is COc1ccc(-c2c3nc(c(-c4ccc(OC)cc4)c4cc(/C=C/C=C(C(=O)O)C(=O)O)c([n-]4)c(-c4ccc(OC)cc4)c4nc(c(-c5ccc(OC)cc5)c5ccc2[n-]5)C=C4)C=C3)cc1.COc1ccc(-c2c3nc(c(-c4ccc(OC)cc4)c4cc(/C=C/C=O)c([n-]4)c(-c4ccc(OC)cc4)c4nc(c(-c5ccc(OC)cc5)c5ccc2[n-]5)C=C4)C=C3)cc1.O=C(O)CC(=O)O.[Cu+2].[Cu+2]. The number of hydrogen-bond acceptors (Lipinski definition) is 17. The summed E-state index contributed by atoms with van der Waals surface area (Å²) in [5.41, 5.74) is 24.1. The summed E-state index contributed by atoms with van der Waals surface area (Å²) in [5.74, 6) is -0.138. The molecule has 0 amide bonds. The summed E-state index contributed by atoms with van der Waals surface area (Å²) >= 11 is 0. The van der Waals surface area contributed by atoms with Gasteiger partial charge in [0.1, 0.15) is 64.3 Å². The molecule has 18 rings (SSSR count). The Bertz CT molecular complexity index is 7450. The molecule has 0 saturated heterocycles. The average molecular weight is 1890 g/mol. The van der Waals surface area contributed by atoms with E-state index < -0.39 is 35.9 Å². The van der Waals surface area contributed by atoms with E-state index in [-0.39, 0.29) is 34.1 Å². The number of carbonyl (C=O) groups excluding carboxylic acids is 1. The van der Waals surface area contributed by atoms with E-state index in [9.17, 15) is 34.2 Å². The van der Waals surface area contributed by atoms with Crippen LogP contribution in [0.4, 0.5) is 0 Å². The van der Waals surface area contributed by atoms with Crippen LogP contribution < -0.4 is 57.8 Å². The molecule has 10 heterocycles. The number of hydrogen-bond donors (Lipinski definition) is 4. The van der Waals surface area contributed by atoms with Crippen molar-refractivity contribution < 1.29 is 116 Å². The summed E-state index contributed by atoms with van der Waals surface area (Å²) in [6.07, 6.45) is 23.2. The smallest absolute Gasteiger partial charge is 0.657 e. The third kappa shape index (κ3) is 20.5. The van der Waals surface area contributed by atoms with Gasteiger partial charge < -0.3 is 78.3 Å². The minimum atomic E-state index is -1.57. The molecule has 0 aliphatic carbocycles. The fourth-order valence-electron chi connectivity index (χ4n) is 15.8. The molecule has 0 fully saturated rings. The number of benzene rings is 8. The summed E-state index contributed by atoms with van der Waals surface area (Å²) in [7, 11) is 13.0. The zero-order chi connectivity index (χ0) is 92.9. The van der Waals surface area contributed by atoms with Gasteiger partial charge in [0.25, 0.3) is 0 Å². The molecule has 16 bridgehead atoms. The molecule has 0 unspecified atom stereocenters. The average Bonchev–Trinajstić information content (AvgIpc) is 1.61. The van der Waals surface area contributed by atoms with Gasteiger partial charge in [-0.3, -0.25) is 14.4 Å². The van der Waals surface area contributed by atoms with Crippen molar-refractivity contribution in [2.24, 2.45) is 0 Å². The molecule has 6 aromatic heterocycles. The van der Waals surface area contributed by atoms with E-state index in [2.05, 4.69) is 0 Å². The number of methoxy groups -OCH3 is 8. The van der Waals surface area contributed by atoms with E-state index in [4.69, 9.17) is 88.0 Å². The fraction of sp³-hybridized carbons (Fsp3) is 0.0833. The first-order valence-corrected chi connectivity index (χ1v) is 41.5. The Labute approximate surface area is 795 Å². The van der Waals surface area contributed by atoms with E-state index in [0.29, 0.717) is 113 Å². The summed E-state index contributed by atoms with van der Waals surface area (Å²) in [6, 6.07) is 74.1. The number of aldehydes is 1. The molecule has 2 radical (unpaired) electrons. The quantitative estimate of drug-likeness (QED) is 0.0109. The van der Waals surface area contributed by atoms with Gasteiger partial charge in [0.15, 0.2) is 0 Å². The predicted octanol–water partition coefficient (Wildman–Crippen LogP) is 21.1. The molecule has 135 heavy (non-hydrogen) atoms. The van der Waals surface area contributed by atoms with Crippen LogP contribution >= 0.6 is 0 Å². The summed E-state index contributed by atoms with van der Waals surface area (Å²) < 4.78 is 44.3. The summed E-state index contributed by atoms with van der Waals surface area (Å²) in [4.78, 5) is 97.5. The van der Waals surface area contributed by atoms with Gasteiger partial charge in [-0.1, -0.05) is 152 Å². The van der Waals surface area contributed by atoms with Crippen molar-refractivity contribution in [3.63, 3.8) is 0 Å². The second kappa shape index (κ2) is 42.4. The number of ether oxygens (including phenoxy) is 8. The van der Waals surface area contributed by atoms with Gasteiger partial charge in [0.2, 0.25) is 0 Å². The topological polar surface area (TPSA) is 348 Å². The number of carboxylic acids is 4. The Morgan fingerprint density at radius 2 is 0.474 bits per heavy atom. The Balaban J connectivity index is 0.000000200. The summed E-state index contributed by atoms with van der Waals surface area (Å²) in [5, 5.41) is 34.8. The van der Waals surface area contributed by atoms with Crippen LogP contribution in [0.1, 0.15) is 63.1 Å². The number of fused-ring (bicyclic) bond motifs is 16. The summed E-state index contributed by atoms with van der Waals surface area (Å²) in [6.45, 7) is 0. The number of allylic oxidation sites excluding steroid dienone is 3. The first-order chi connectivity index (χ1) is 64.8. The third-order valence-electron chi connectivity index (χ3n) is 22.2. The Hall–Kier alpha value is -16.8. The maximum atomic E-state index is 11.9. The first kappa shape index (κ1) is 94.3. The number of aromatic nitrogens is 8. The molecule has 4 N–H and O–H groups in total. The molecule has 14 aromatic rings. The molecule has 678 valence electrons. The van der Waals surface area contributed by atoms with Crippen molar-refractivity contribution in [1.29, 1.82) is 0 Å². The number of rotatable bonds is 24. The standard InChI is InChI=1S/C54H42N4O8.C51H39N4O5.C3H4O4.2Cu/c1-63-36-16-8-31(9-17-36)48-41-24-25-42(55-41)49(32-10-18-37(64-2)19-11-32)44-28-29-46(57-44)51(34-14-22-39(66-4)23-15-34)52-35(6-5-7-40(53(59)60)54(61)62)30-47(58-52)50(45-27-26-43(48)56-45)33-12-20-38(65-3)21-13-33;1-57-36-15-7-31(8-16-36)47-40-23-24-41(52-40)48(32-9-17-37(58-2)18-10-32)43-27-28-45(54-43)50(34-13-21-39(60-4)22-14-34)51-35(6-5-29-56)30-46(55-51)49(44-26-25-42(47)53-44)33-11-19-38(59-3)20-12-33;4-2(5)1-3(6)7;;/h5-30H,1-4H3,(H4,55,56,57,58,59,60,61,62);5-30H,1-4H3,(H-,52,53,54,55,56);1H2,(H,4,5)(H,6,7);;/q;-1;;2*+2/p-3/b6-5+,48-41?,48-43?,49-42?,49-44?,50-45?,50-47?,51-46?,52-51?;;;;. The predicted molar refractivity (Wildman–Crippen MR) is 517 cm³/mol. The largest absolute Gasteiger partial charge is 2.00 e. The van der Waals surface area contributed by atoms with Crippen LogP contribution in [-0.4, -0.2) is 127 Å². The van der Waals surface area contributed by atoms with Gasteiger partial charge in [0.05, 0.1) is 102 Å². The van der Waals surface area contributed by atoms with Crippen molar-refractivity contribution in [2.45, 2.75) is 6.42 Å². The van der Waals surface area contributed by atoms with Crippen LogP contribution in [0.15, 0.2) is 254 Å². The number of carbonyl (C=O) groups is 5. The van der Waals surface area contributed by atoms with Crippen LogP contribution in [0.2, 0.25) is 0 Å². The van der Waals surface area contributed by atoms with Crippen LogP contribution in [-0.2, 0) is 58.1 Å².